The van der Waals surface area contributed by atoms with Crippen molar-refractivity contribution >= 4 is 56.3 Å². The Kier molecular flexibility index (Phi) is 5.61. The van der Waals surface area contributed by atoms with E-state index in [1.165, 1.54) is 11.3 Å². The van der Waals surface area contributed by atoms with Crippen molar-refractivity contribution in [1.82, 2.24) is 10.2 Å². The Morgan fingerprint density at radius 1 is 1.41 bits per heavy atom. The van der Waals surface area contributed by atoms with E-state index < -0.39 is 0 Å². The predicted octanol–water partition coefficient (Wildman–Crippen LogP) is 3.92. The molecule has 0 radical (unpaired) electrons. The van der Waals surface area contributed by atoms with Gasteiger partial charge in [0.1, 0.15) is 10.6 Å². The number of fused-ring (bicyclic) bond motifs is 1. The number of nitrogens with one attached hydrogen (secondary N) is 1. The minimum Gasteiger partial charge on any atom is -0.497 e. The number of rotatable bonds is 4. The second-order valence-electron chi connectivity index (χ2n) is 4.54. The maximum absolute atomic E-state index is 12.4. The van der Waals surface area contributed by atoms with Crippen molar-refractivity contribution in [3.63, 3.8) is 0 Å². The molecule has 1 aromatic heterocycles. The summed E-state index contributed by atoms with van der Waals surface area (Å²) in [5.74, 6) is 0.457. The molecule has 0 bridgehead atoms. The van der Waals surface area contributed by atoms with E-state index in [1.54, 1.807) is 7.11 Å². The van der Waals surface area contributed by atoms with Gasteiger partial charge in [0.05, 0.1) is 12.1 Å². The van der Waals surface area contributed by atoms with Crippen molar-refractivity contribution in [3.8, 4) is 5.75 Å². The normalized spacial score (nSPS) is 10.5. The Bertz CT molecular complexity index is 711. The van der Waals surface area contributed by atoms with Crippen molar-refractivity contribution in [2.75, 3.05) is 20.2 Å². The van der Waals surface area contributed by atoms with Crippen molar-refractivity contribution in [1.29, 1.82) is 0 Å². The van der Waals surface area contributed by atoms with Crippen LogP contribution in [0.5, 0.6) is 5.75 Å². The first-order valence-corrected chi connectivity index (χ1v) is 8.48. The van der Waals surface area contributed by atoms with Gasteiger partial charge >= 0.3 is 0 Å². The molecule has 118 valence electrons. The maximum Gasteiger partial charge on any atom is 0.269 e. The summed E-state index contributed by atoms with van der Waals surface area (Å²) >= 11 is 12.9. The molecule has 1 N–H and O–H groups in total. The van der Waals surface area contributed by atoms with Gasteiger partial charge < -0.3 is 9.64 Å². The van der Waals surface area contributed by atoms with Gasteiger partial charge in [-0.3, -0.25) is 10.1 Å². The molecule has 0 unspecified atom stereocenters. The number of carbonyl (C=O) groups is 1. The molecule has 0 aliphatic rings. The number of thiocarbonyl (C=S) groups is 1. The highest BCUT2D eigenvalue weighted by Crippen LogP contribution is 2.37. The largest absolute Gasteiger partial charge is 0.497 e. The van der Waals surface area contributed by atoms with E-state index in [2.05, 4.69) is 5.32 Å². The first kappa shape index (κ1) is 17.0. The van der Waals surface area contributed by atoms with Crippen molar-refractivity contribution in [3.05, 3.63) is 28.1 Å². The highest BCUT2D eigenvalue weighted by molar-refractivity contribution is 7.80. The molecule has 1 amide bonds. The number of benzene rings is 1. The third kappa shape index (κ3) is 3.34. The fraction of sp³-hybridized carbons (Fsp3) is 0.333. The smallest absolute Gasteiger partial charge is 0.269 e. The molecule has 7 heteroatoms. The molecule has 1 heterocycles. The molecule has 0 aliphatic carbocycles. The lowest BCUT2D eigenvalue weighted by molar-refractivity contribution is 0.0977. The second-order valence-corrected chi connectivity index (χ2v) is 6.36. The number of nitrogens with zero attached hydrogens (tertiary/aromatic N) is 1. The van der Waals surface area contributed by atoms with Crippen LogP contribution in [0.25, 0.3) is 10.1 Å². The van der Waals surface area contributed by atoms with Gasteiger partial charge in [0, 0.05) is 23.2 Å². The van der Waals surface area contributed by atoms with Crippen molar-refractivity contribution in [2.45, 2.75) is 13.8 Å². The standard InChI is InChI=1S/C15H17ClN2O2S2/c1-4-18(5-2)15(21)17-14(19)13-12(16)10-7-6-9(20-3)8-11(10)22-13/h6-8H,4-5H2,1-3H3,(H,17,19,21). The average Bonchev–Trinajstić information content (AvgIpc) is 2.85. The minimum absolute atomic E-state index is 0.276. The fourth-order valence-corrected chi connectivity index (χ4v) is 3.85. The molecule has 2 rings (SSSR count). The monoisotopic (exact) mass is 356 g/mol. The van der Waals surface area contributed by atoms with E-state index >= 15 is 0 Å². The van der Waals surface area contributed by atoms with Gasteiger partial charge in [-0.05, 0) is 44.3 Å². The number of halogens is 1. The summed E-state index contributed by atoms with van der Waals surface area (Å²) in [6.45, 7) is 5.46. The third-order valence-electron chi connectivity index (χ3n) is 3.31. The topological polar surface area (TPSA) is 41.6 Å². The second kappa shape index (κ2) is 7.26. The van der Waals surface area contributed by atoms with Gasteiger partial charge in [0.15, 0.2) is 5.11 Å². The minimum atomic E-state index is -0.276. The van der Waals surface area contributed by atoms with Gasteiger partial charge in [-0.15, -0.1) is 11.3 Å². The predicted molar refractivity (Wildman–Crippen MR) is 96.4 cm³/mol. The highest BCUT2D eigenvalue weighted by Gasteiger charge is 2.19. The molecule has 0 aliphatic heterocycles. The molecule has 4 nitrogen and oxygen atoms in total. The van der Waals surface area contributed by atoms with E-state index in [-0.39, 0.29) is 5.91 Å². The lowest BCUT2D eigenvalue weighted by Crippen LogP contribution is -2.42. The third-order valence-corrected chi connectivity index (χ3v) is 5.33. The first-order chi connectivity index (χ1) is 10.5. The number of hydrogen-bond donors (Lipinski definition) is 1. The lowest BCUT2D eigenvalue weighted by Gasteiger charge is -2.21. The summed E-state index contributed by atoms with van der Waals surface area (Å²) in [6, 6.07) is 5.54. The maximum atomic E-state index is 12.4. The quantitative estimate of drug-likeness (QED) is 0.843. The zero-order valence-corrected chi connectivity index (χ0v) is 15.0. The SMILES string of the molecule is CCN(CC)C(=S)NC(=O)c1sc2cc(OC)ccc2c1Cl. The summed E-state index contributed by atoms with van der Waals surface area (Å²) in [6.07, 6.45) is 0. The zero-order valence-electron chi connectivity index (χ0n) is 12.6. The van der Waals surface area contributed by atoms with Crippen LogP contribution in [0.2, 0.25) is 5.02 Å². The number of carbonyl (C=O) groups excluding carboxylic acids is 1. The summed E-state index contributed by atoms with van der Waals surface area (Å²) in [5, 5.41) is 4.45. The number of methoxy groups -OCH3 is 1. The van der Waals surface area contributed by atoms with E-state index in [9.17, 15) is 4.79 Å². The average molecular weight is 357 g/mol. The van der Waals surface area contributed by atoms with Crippen LogP contribution in [-0.4, -0.2) is 36.1 Å². The Balaban J connectivity index is 2.28. The summed E-state index contributed by atoms with van der Waals surface area (Å²) < 4.78 is 6.10. The summed E-state index contributed by atoms with van der Waals surface area (Å²) in [4.78, 5) is 14.8. The number of ether oxygens (including phenoxy) is 1. The number of thiophene rings is 1. The van der Waals surface area contributed by atoms with Crippen LogP contribution in [0.1, 0.15) is 23.5 Å². The summed E-state index contributed by atoms with van der Waals surface area (Å²) in [7, 11) is 1.60. The molecule has 0 saturated heterocycles. The van der Waals surface area contributed by atoms with Crippen LogP contribution in [0, 0.1) is 0 Å². The molecule has 0 saturated carbocycles. The van der Waals surface area contributed by atoms with Gasteiger partial charge in [0.2, 0.25) is 0 Å². The van der Waals surface area contributed by atoms with E-state index in [0.717, 1.165) is 28.9 Å². The Labute approximate surface area is 144 Å². The van der Waals surface area contributed by atoms with Gasteiger partial charge in [0.25, 0.3) is 5.91 Å². The molecular formula is C15H17ClN2O2S2. The molecule has 0 fully saturated rings. The number of amides is 1. The van der Waals surface area contributed by atoms with Gasteiger partial charge in [-0.25, -0.2) is 0 Å². The lowest BCUT2D eigenvalue weighted by atomic mass is 10.2. The Hall–Kier alpha value is -1.37. The van der Waals surface area contributed by atoms with Crippen LogP contribution in [0.15, 0.2) is 18.2 Å². The Morgan fingerprint density at radius 3 is 2.68 bits per heavy atom. The van der Waals surface area contributed by atoms with Crippen LogP contribution >= 0.6 is 35.2 Å². The molecule has 2 aromatic rings. The van der Waals surface area contributed by atoms with Crippen molar-refractivity contribution < 1.29 is 9.53 Å². The Morgan fingerprint density at radius 2 is 2.09 bits per heavy atom. The summed E-state index contributed by atoms with van der Waals surface area (Å²) in [5.41, 5.74) is 0. The zero-order chi connectivity index (χ0) is 16.3. The van der Waals surface area contributed by atoms with E-state index in [1.807, 2.05) is 36.9 Å². The number of hydrogen-bond acceptors (Lipinski definition) is 4. The van der Waals surface area contributed by atoms with E-state index in [0.29, 0.717) is 15.0 Å². The van der Waals surface area contributed by atoms with Crippen LogP contribution in [0.4, 0.5) is 0 Å². The highest BCUT2D eigenvalue weighted by atomic mass is 35.5. The van der Waals surface area contributed by atoms with Crippen molar-refractivity contribution in [2.24, 2.45) is 0 Å². The van der Waals surface area contributed by atoms with Crippen LogP contribution in [-0.2, 0) is 0 Å². The van der Waals surface area contributed by atoms with Gasteiger partial charge in [-0.2, -0.15) is 0 Å². The molecule has 0 atom stereocenters. The molecule has 22 heavy (non-hydrogen) atoms. The molecule has 1 aromatic carbocycles. The van der Waals surface area contributed by atoms with Gasteiger partial charge in [-0.1, -0.05) is 11.6 Å². The molecule has 0 spiro atoms. The van der Waals surface area contributed by atoms with Crippen LogP contribution in [0.3, 0.4) is 0 Å². The van der Waals surface area contributed by atoms with E-state index in [4.69, 9.17) is 28.6 Å². The first-order valence-electron chi connectivity index (χ1n) is 6.88. The molecular weight excluding hydrogens is 340 g/mol. The fourth-order valence-electron chi connectivity index (χ4n) is 2.06. The van der Waals surface area contributed by atoms with Crippen LogP contribution < -0.4 is 10.1 Å².